The fraction of sp³-hybridized carbons (Fsp3) is 0.267. The van der Waals surface area contributed by atoms with Crippen molar-refractivity contribution in [2.75, 3.05) is 13.6 Å². The maximum atomic E-state index is 10.6. The lowest BCUT2D eigenvalue weighted by atomic mass is 10.2. The Balaban J connectivity index is 1.77. The van der Waals surface area contributed by atoms with Gasteiger partial charge in [0.2, 0.25) is 0 Å². The number of guanidine groups is 1. The summed E-state index contributed by atoms with van der Waals surface area (Å²) in [5.74, 6) is 1.59. The first-order valence-electron chi connectivity index (χ1n) is 6.89. The van der Waals surface area contributed by atoms with Crippen molar-refractivity contribution < 1.29 is 9.34 Å². The van der Waals surface area contributed by atoms with Gasteiger partial charge < -0.3 is 15.1 Å². The molecule has 0 radical (unpaired) electrons. The van der Waals surface area contributed by atoms with Crippen LogP contribution in [0.2, 0.25) is 0 Å². The van der Waals surface area contributed by atoms with Gasteiger partial charge in [0.05, 0.1) is 11.2 Å². The molecule has 0 bridgehead atoms. The Morgan fingerprint density at radius 2 is 2.05 bits per heavy atom. The molecular weight excluding hydrogens is 284 g/mol. The summed E-state index contributed by atoms with van der Waals surface area (Å²) in [6.45, 7) is 1.24. The van der Waals surface area contributed by atoms with Gasteiger partial charge in [0.25, 0.3) is 5.69 Å². The zero-order chi connectivity index (χ0) is 15.8. The van der Waals surface area contributed by atoms with Gasteiger partial charge in [-0.25, -0.2) is 0 Å². The average molecular weight is 302 g/mol. The molecule has 0 saturated heterocycles. The highest BCUT2D eigenvalue weighted by Crippen LogP contribution is 2.11. The predicted molar refractivity (Wildman–Crippen MR) is 83.7 cm³/mol. The van der Waals surface area contributed by atoms with Crippen LogP contribution in [0.15, 0.2) is 52.1 Å². The van der Waals surface area contributed by atoms with E-state index in [2.05, 4.69) is 15.6 Å². The Labute approximate surface area is 128 Å². The lowest BCUT2D eigenvalue weighted by Gasteiger charge is -2.11. The molecule has 7 nitrogen and oxygen atoms in total. The van der Waals surface area contributed by atoms with E-state index < -0.39 is 4.92 Å². The van der Waals surface area contributed by atoms with E-state index in [9.17, 15) is 10.1 Å². The first kappa shape index (κ1) is 15.6. The molecule has 1 aromatic carbocycles. The fourth-order valence-electron chi connectivity index (χ4n) is 1.90. The van der Waals surface area contributed by atoms with Crippen molar-refractivity contribution in [2.45, 2.75) is 13.0 Å². The molecule has 0 aliphatic carbocycles. The number of rotatable bonds is 6. The Morgan fingerprint density at radius 3 is 2.64 bits per heavy atom. The summed E-state index contributed by atoms with van der Waals surface area (Å²) in [4.78, 5) is 14.3. The highest BCUT2D eigenvalue weighted by atomic mass is 16.6. The SMILES string of the molecule is CN=C(NCCc1ccco1)NCc1ccc([N+](=O)[O-])cc1. The maximum absolute atomic E-state index is 10.6. The summed E-state index contributed by atoms with van der Waals surface area (Å²) in [7, 11) is 1.69. The number of furan rings is 1. The van der Waals surface area contributed by atoms with E-state index in [4.69, 9.17) is 4.42 Å². The minimum atomic E-state index is -0.410. The molecule has 2 N–H and O–H groups in total. The van der Waals surface area contributed by atoms with Crippen LogP contribution >= 0.6 is 0 Å². The monoisotopic (exact) mass is 302 g/mol. The van der Waals surface area contributed by atoms with Crippen LogP contribution in [0.5, 0.6) is 0 Å². The minimum absolute atomic E-state index is 0.0877. The lowest BCUT2D eigenvalue weighted by Crippen LogP contribution is -2.37. The zero-order valence-electron chi connectivity index (χ0n) is 12.3. The van der Waals surface area contributed by atoms with Crippen molar-refractivity contribution in [2.24, 2.45) is 4.99 Å². The van der Waals surface area contributed by atoms with E-state index >= 15 is 0 Å². The largest absolute Gasteiger partial charge is 0.469 e. The number of hydrogen-bond donors (Lipinski definition) is 2. The Morgan fingerprint density at radius 1 is 1.27 bits per heavy atom. The number of nitro benzene ring substituents is 1. The first-order chi connectivity index (χ1) is 10.7. The van der Waals surface area contributed by atoms with Gasteiger partial charge in [0, 0.05) is 38.7 Å². The lowest BCUT2D eigenvalue weighted by molar-refractivity contribution is -0.384. The second-order valence-corrected chi connectivity index (χ2v) is 4.61. The topological polar surface area (TPSA) is 92.7 Å². The molecule has 7 heteroatoms. The highest BCUT2D eigenvalue weighted by Gasteiger charge is 2.04. The molecule has 0 aliphatic heterocycles. The Kier molecular flexibility index (Phi) is 5.53. The normalized spacial score (nSPS) is 11.2. The summed E-state index contributed by atoms with van der Waals surface area (Å²) in [5, 5.41) is 16.9. The third-order valence-electron chi connectivity index (χ3n) is 3.07. The van der Waals surface area contributed by atoms with Crippen molar-refractivity contribution in [3.8, 4) is 0 Å². The number of aliphatic imine (C=N–C) groups is 1. The number of benzene rings is 1. The number of nitrogens with zero attached hydrogens (tertiary/aromatic N) is 2. The molecule has 0 spiro atoms. The second kappa shape index (κ2) is 7.82. The summed E-state index contributed by atoms with van der Waals surface area (Å²) in [6, 6.07) is 10.2. The Hall–Kier alpha value is -2.83. The van der Waals surface area contributed by atoms with Crippen LogP contribution in [-0.2, 0) is 13.0 Å². The van der Waals surface area contributed by atoms with Gasteiger partial charge in [-0.15, -0.1) is 0 Å². The van der Waals surface area contributed by atoms with Gasteiger partial charge in [-0.3, -0.25) is 15.1 Å². The van der Waals surface area contributed by atoms with E-state index in [0.717, 1.165) is 17.7 Å². The Bertz CT molecular complexity index is 621. The molecule has 0 aliphatic rings. The molecule has 0 amide bonds. The number of nitro groups is 1. The van der Waals surface area contributed by atoms with E-state index in [0.29, 0.717) is 19.0 Å². The van der Waals surface area contributed by atoms with Gasteiger partial charge in [0.1, 0.15) is 5.76 Å². The van der Waals surface area contributed by atoms with Crippen molar-refractivity contribution >= 4 is 11.6 Å². The van der Waals surface area contributed by atoms with Crippen LogP contribution < -0.4 is 10.6 Å². The summed E-state index contributed by atoms with van der Waals surface area (Å²) in [5.41, 5.74) is 1.03. The molecule has 0 fully saturated rings. The molecule has 0 unspecified atom stereocenters. The number of nitrogens with one attached hydrogen (secondary N) is 2. The van der Waals surface area contributed by atoms with Crippen LogP contribution in [0.1, 0.15) is 11.3 Å². The third-order valence-corrected chi connectivity index (χ3v) is 3.07. The van der Waals surface area contributed by atoms with E-state index in [1.807, 2.05) is 12.1 Å². The van der Waals surface area contributed by atoms with E-state index in [1.54, 1.807) is 25.4 Å². The summed E-state index contributed by atoms with van der Waals surface area (Å²) in [6.07, 6.45) is 2.42. The van der Waals surface area contributed by atoms with Gasteiger partial charge in [-0.2, -0.15) is 0 Å². The fourth-order valence-corrected chi connectivity index (χ4v) is 1.90. The minimum Gasteiger partial charge on any atom is -0.469 e. The summed E-state index contributed by atoms with van der Waals surface area (Å²) >= 11 is 0. The standard InChI is InChI=1S/C15H18N4O3/c1-16-15(17-9-8-14-3-2-10-22-14)18-11-12-4-6-13(7-5-12)19(20)21/h2-7,10H,8-9,11H2,1H3,(H2,16,17,18). The van der Waals surface area contributed by atoms with Crippen LogP contribution in [0.4, 0.5) is 5.69 Å². The van der Waals surface area contributed by atoms with Crippen LogP contribution in [0.3, 0.4) is 0 Å². The van der Waals surface area contributed by atoms with Crippen molar-refractivity contribution in [3.05, 3.63) is 64.1 Å². The maximum Gasteiger partial charge on any atom is 0.269 e. The molecule has 1 aromatic heterocycles. The molecule has 22 heavy (non-hydrogen) atoms. The zero-order valence-corrected chi connectivity index (χ0v) is 12.3. The van der Waals surface area contributed by atoms with Gasteiger partial charge in [-0.1, -0.05) is 12.1 Å². The van der Waals surface area contributed by atoms with Crippen LogP contribution in [-0.4, -0.2) is 24.5 Å². The van der Waals surface area contributed by atoms with Crippen molar-refractivity contribution in [3.63, 3.8) is 0 Å². The average Bonchev–Trinajstić information content (AvgIpc) is 3.04. The highest BCUT2D eigenvalue weighted by molar-refractivity contribution is 5.79. The van der Waals surface area contributed by atoms with Crippen LogP contribution in [0.25, 0.3) is 0 Å². The third kappa shape index (κ3) is 4.62. The molecule has 116 valence electrons. The number of hydrogen-bond acceptors (Lipinski definition) is 4. The molecule has 0 saturated carbocycles. The van der Waals surface area contributed by atoms with Gasteiger partial charge in [-0.05, 0) is 17.7 Å². The first-order valence-corrected chi connectivity index (χ1v) is 6.89. The molecule has 0 atom stereocenters. The molecule has 2 rings (SSSR count). The smallest absolute Gasteiger partial charge is 0.269 e. The molecule has 1 heterocycles. The van der Waals surface area contributed by atoms with Gasteiger partial charge in [0.15, 0.2) is 5.96 Å². The second-order valence-electron chi connectivity index (χ2n) is 4.61. The molecular formula is C15H18N4O3. The van der Waals surface area contributed by atoms with E-state index in [-0.39, 0.29) is 5.69 Å². The number of non-ortho nitro benzene ring substituents is 1. The van der Waals surface area contributed by atoms with Crippen molar-refractivity contribution in [1.29, 1.82) is 0 Å². The van der Waals surface area contributed by atoms with Gasteiger partial charge >= 0.3 is 0 Å². The quantitative estimate of drug-likeness (QED) is 0.369. The van der Waals surface area contributed by atoms with Crippen molar-refractivity contribution in [1.82, 2.24) is 10.6 Å². The summed E-state index contributed by atoms with van der Waals surface area (Å²) < 4.78 is 5.25. The molecule has 2 aromatic rings. The van der Waals surface area contributed by atoms with E-state index in [1.165, 1.54) is 12.1 Å². The predicted octanol–water partition coefficient (Wildman–Crippen LogP) is 2.10. The van der Waals surface area contributed by atoms with Crippen LogP contribution in [0, 0.1) is 10.1 Å².